The Kier molecular flexibility index (Phi) is 6.15. The Bertz CT molecular complexity index is 785. The number of hydrogen-bond acceptors (Lipinski definition) is 4. The first-order chi connectivity index (χ1) is 11.9. The smallest absolute Gasteiger partial charge is 0.258 e. The molecule has 1 aromatic carbocycles. The first-order valence-corrected chi connectivity index (χ1v) is 8.62. The van der Waals surface area contributed by atoms with Crippen LogP contribution in [-0.4, -0.2) is 23.7 Å². The predicted molar refractivity (Wildman–Crippen MR) is 104 cm³/mol. The van der Waals surface area contributed by atoms with Crippen molar-refractivity contribution >= 4 is 34.7 Å². The fourth-order valence-corrected chi connectivity index (χ4v) is 2.78. The highest BCUT2D eigenvalue weighted by Crippen LogP contribution is 2.28. The van der Waals surface area contributed by atoms with Crippen LogP contribution in [0.3, 0.4) is 0 Å². The van der Waals surface area contributed by atoms with E-state index >= 15 is 0 Å². The molecular weight excluding hydrogens is 336 g/mol. The molecule has 0 spiro atoms. The summed E-state index contributed by atoms with van der Waals surface area (Å²) in [4.78, 5) is 16.8. The van der Waals surface area contributed by atoms with E-state index in [1.807, 2.05) is 31.2 Å². The van der Waals surface area contributed by atoms with E-state index in [4.69, 9.17) is 17.0 Å². The number of halogens is 1. The first-order valence-electron chi connectivity index (χ1n) is 8.24. The molecule has 1 amide bonds. The van der Waals surface area contributed by atoms with Crippen LogP contribution >= 0.6 is 11.6 Å². The molecule has 3 N–H and O–H groups in total. The van der Waals surface area contributed by atoms with Crippen LogP contribution in [0.2, 0.25) is 5.02 Å². The number of pyridine rings is 1. The second kappa shape index (κ2) is 8.12. The van der Waals surface area contributed by atoms with Crippen molar-refractivity contribution in [3.05, 3.63) is 52.2 Å². The lowest BCUT2D eigenvalue weighted by Gasteiger charge is -2.14. The lowest BCUT2D eigenvalue weighted by atomic mass is 10.0. The van der Waals surface area contributed by atoms with Gasteiger partial charge in [0.1, 0.15) is 5.82 Å². The van der Waals surface area contributed by atoms with E-state index in [0.29, 0.717) is 35.1 Å². The number of anilines is 2. The van der Waals surface area contributed by atoms with Crippen molar-refractivity contribution in [1.29, 1.82) is 5.41 Å². The molecule has 0 saturated heterocycles. The average molecular weight is 359 g/mol. The minimum atomic E-state index is -0.345. The molecule has 132 valence electrons. The Balaban J connectivity index is 2.31. The monoisotopic (exact) mass is 358 g/mol. The summed E-state index contributed by atoms with van der Waals surface area (Å²) in [6.07, 6.45) is 1.93. The van der Waals surface area contributed by atoms with Crippen molar-refractivity contribution in [3.63, 3.8) is 0 Å². The number of amides is 1. The second-order valence-corrected chi connectivity index (χ2v) is 6.40. The van der Waals surface area contributed by atoms with Crippen molar-refractivity contribution in [2.45, 2.75) is 33.1 Å². The number of nitrogens with zero attached hydrogens (tertiary/aromatic N) is 1. The molecule has 0 bridgehead atoms. The van der Waals surface area contributed by atoms with Crippen molar-refractivity contribution in [2.24, 2.45) is 0 Å². The molecule has 0 atom stereocenters. The number of rotatable bonds is 6. The van der Waals surface area contributed by atoms with Crippen LogP contribution in [0.15, 0.2) is 30.5 Å². The van der Waals surface area contributed by atoms with Crippen LogP contribution in [-0.2, 0) is 0 Å². The summed E-state index contributed by atoms with van der Waals surface area (Å²) < 4.78 is 0. The number of nitrogens with one attached hydrogen (secondary N) is 3. The molecule has 0 fully saturated rings. The zero-order valence-electron chi connectivity index (χ0n) is 14.9. The number of benzene rings is 1. The molecule has 2 rings (SSSR count). The number of carbonyl (C=O) groups excluding carboxylic acids is 1. The fourth-order valence-electron chi connectivity index (χ4n) is 2.44. The largest absolute Gasteiger partial charge is 0.373 e. The van der Waals surface area contributed by atoms with Gasteiger partial charge in [0.05, 0.1) is 16.1 Å². The average Bonchev–Trinajstić information content (AvgIpc) is 2.60. The Hall–Kier alpha value is -2.40. The highest BCUT2D eigenvalue weighted by molar-refractivity contribution is 6.38. The van der Waals surface area contributed by atoms with Crippen LogP contribution in [0.5, 0.6) is 0 Å². The molecular formula is C19H23ClN4O. The molecule has 5 nitrogen and oxygen atoms in total. The summed E-state index contributed by atoms with van der Waals surface area (Å²) >= 11 is 6.41. The van der Waals surface area contributed by atoms with Crippen LogP contribution < -0.4 is 10.6 Å². The summed E-state index contributed by atoms with van der Waals surface area (Å²) in [6.45, 7) is 6.10. The molecule has 1 aromatic heterocycles. The molecule has 0 unspecified atom stereocenters. The van der Waals surface area contributed by atoms with Crippen LogP contribution in [0, 0.1) is 5.41 Å². The normalized spacial score (nSPS) is 10.6. The molecule has 0 aliphatic heterocycles. The summed E-state index contributed by atoms with van der Waals surface area (Å²) in [5.74, 6) is 0.581. The first kappa shape index (κ1) is 18.9. The Morgan fingerprint density at radius 1 is 1.28 bits per heavy atom. The third kappa shape index (κ3) is 4.17. The van der Waals surface area contributed by atoms with Gasteiger partial charge < -0.3 is 16.0 Å². The number of aromatic nitrogens is 1. The number of hydrogen-bond donors (Lipinski definition) is 3. The van der Waals surface area contributed by atoms with E-state index in [2.05, 4.69) is 29.5 Å². The van der Waals surface area contributed by atoms with Crippen molar-refractivity contribution in [3.8, 4) is 0 Å². The van der Waals surface area contributed by atoms with E-state index in [1.165, 1.54) is 11.8 Å². The SMILES string of the molecule is CCC(=N)c1c(NC)ncc(C(=O)Nc2ccc(C(C)C)cc2)c1Cl. The van der Waals surface area contributed by atoms with E-state index < -0.39 is 0 Å². The minimum absolute atomic E-state index is 0.238. The quantitative estimate of drug-likeness (QED) is 0.640. The topological polar surface area (TPSA) is 77.9 Å². The van der Waals surface area contributed by atoms with E-state index in [-0.39, 0.29) is 16.5 Å². The predicted octanol–water partition coefficient (Wildman–Crippen LogP) is 4.93. The maximum absolute atomic E-state index is 12.6. The molecule has 0 radical (unpaired) electrons. The maximum Gasteiger partial charge on any atom is 0.258 e. The molecule has 6 heteroatoms. The number of carbonyl (C=O) groups is 1. The van der Waals surface area contributed by atoms with Crippen LogP contribution in [0.25, 0.3) is 0 Å². The second-order valence-electron chi connectivity index (χ2n) is 6.02. The summed E-state index contributed by atoms with van der Waals surface area (Å²) in [5, 5.41) is 14.1. The maximum atomic E-state index is 12.6. The third-order valence-corrected chi connectivity index (χ3v) is 4.38. The highest BCUT2D eigenvalue weighted by atomic mass is 35.5. The third-order valence-electron chi connectivity index (χ3n) is 3.99. The summed E-state index contributed by atoms with van der Waals surface area (Å²) in [6, 6.07) is 7.71. The molecule has 1 heterocycles. The molecule has 0 aliphatic carbocycles. The summed E-state index contributed by atoms with van der Waals surface area (Å²) in [5.41, 5.74) is 2.94. The summed E-state index contributed by atoms with van der Waals surface area (Å²) in [7, 11) is 1.71. The van der Waals surface area contributed by atoms with Gasteiger partial charge in [-0.25, -0.2) is 4.98 Å². The van der Waals surface area contributed by atoms with Gasteiger partial charge in [-0.1, -0.05) is 44.5 Å². The molecule has 25 heavy (non-hydrogen) atoms. The van der Waals surface area contributed by atoms with Gasteiger partial charge >= 0.3 is 0 Å². The highest BCUT2D eigenvalue weighted by Gasteiger charge is 2.20. The zero-order valence-corrected chi connectivity index (χ0v) is 15.7. The Morgan fingerprint density at radius 3 is 2.44 bits per heavy atom. The van der Waals surface area contributed by atoms with Crippen molar-refractivity contribution in [2.75, 3.05) is 17.7 Å². The Labute approximate surface area is 153 Å². The lowest BCUT2D eigenvalue weighted by Crippen LogP contribution is -2.16. The van der Waals surface area contributed by atoms with Gasteiger partial charge in [-0.15, -0.1) is 0 Å². The van der Waals surface area contributed by atoms with Gasteiger partial charge in [0.15, 0.2) is 0 Å². The lowest BCUT2D eigenvalue weighted by molar-refractivity contribution is 0.102. The van der Waals surface area contributed by atoms with Gasteiger partial charge in [-0.2, -0.15) is 0 Å². The van der Waals surface area contributed by atoms with E-state index in [1.54, 1.807) is 7.05 Å². The van der Waals surface area contributed by atoms with Gasteiger partial charge in [0.2, 0.25) is 0 Å². The molecule has 2 aromatic rings. The standard InChI is InChI=1S/C19H23ClN4O/c1-5-15(21)16-17(20)14(10-23-18(16)22-4)19(25)24-13-8-6-12(7-9-13)11(2)3/h6-11,21H,5H2,1-4H3,(H,22,23)(H,24,25). The van der Waals surface area contributed by atoms with E-state index in [0.717, 1.165) is 0 Å². The minimum Gasteiger partial charge on any atom is -0.373 e. The Morgan fingerprint density at radius 2 is 1.92 bits per heavy atom. The zero-order chi connectivity index (χ0) is 18.6. The molecule has 0 saturated carbocycles. The van der Waals surface area contributed by atoms with Crippen LogP contribution in [0.1, 0.15) is 54.6 Å². The fraction of sp³-hybridized carbons (Fsp3) is 0.316. The van der Waals surface area contributed by atoms with Crippen molar-refractivity contribution in [1.82, 2.24) is 4.98 Å². The van der Waals surface area contributed by atoms with Gasteiger partial charge in [0, 0.05) is 24.6 Å². The van der Waals surface area contributed by atoms with Gasteiger partial charge in [-0.3, -0.25) is 4.79 Å². The van der Waals surface area contributed by atoms with Crippen LogP contribution in [0.4, 0.5) is 11.5 Å². The van der Waals surface area contributed by atoms with E-state index in [9.17, 15) is 4.79 Å². The van der Waals surface area contributed by atoms with Crippen molar-refractivity contribution < 1.29 is 4.79 Å². The van der Waals surface area contributed by atoms with Gasteiger partial charge in [-0.05, 0) is 30.0 Å². The molecule has 0 aliphatic rings. The van der Waals surface area contributed by atoms with Gasteiger partial charge in [0.25, 0.3) is 5.91 Å².